The first-order chi connectivity index (χ1) is 10.8. The maximum atomic E-state index is 12.1. The number of carbonyl (C=O) groups is 1. The van der Waals surface area contributed by atoms with Gasteiger partial charge in [-0.25, -0.2) is 4.98 Å². The zero-order valence-electron chi connectivity index (χ0n) is 12.2. The molecule has 0 bridgehead atoms. The molecule has 0 spiro atoms. The minimum absolute atomic E-state index is 0.126. The van der Waals surface area contributed by atoms with E-state index in [1.165, 1.54) is 0 Å². The standard InChI is InChI=1S/C17H18N2O2S/c20-17(19-10-13-4-2-1-3-5-13)14-6-7-16(18-11-14)21-15-8-9-22-12-15/h1-7,11,15H,8-10,12H2,(H,19,20). The summed E-state index contributed by atoms with van der Waals surface area (Å²) in [6.07, 6.45) is 2.87. The lowest BCUT2D eigenvalue weighted by atomic mass is 10.2. The van der Waals surface area contributed by atoms with Gasteiger partial charge in [0, 0.05) is 24.6 Å². The Morgan fingerprint density at radius 2 is 2.14 bits per heavy atom. The van der Waals surface area contributed by atoms with Crippen LogP contribution in [0.4, 0.5) is 0 Å². The number of ether oxygens (including phenoxy) is 1. The summed E-state index contributed by atoms with van der Waals surface area (Å²) in [6.45, 7) is 0.511. The lowest BCUT2D eigenvalue weighted by molar-refractivity contribution is 0.0950. The van der Waals surface area contributed by atoms with Gasteiger partial charge < -0.3 is 10.1 Å². The molecule has 2 aromatic rings. The van der Waals surface area contributed by atoms with Gasteiger partial charge in [-0.3, -0.25) is 4.79 Å². The Morgan fingerprint density at radius 3 is 2.82 bits per heavy atom. The van der Waals surface area contributed by atoms with Crippen molar-refractivity contribution in [2.45, 2.75) is 19.1 Å². The molecule has 114 valence electrons. The van der Waals surface area contributed by atoms with E-state index in [-0.39, 0.29) is 12.0 Å². The van der Waals surface area contributed by atoms with Gasteiger partial charge in [0.05, 0.1) is 5.56 Å². The second-order valence-corrected chi connectivity index (χ2v) is 6.31. The van der Waals surface area contributed by atoms with Crippen molar-refractivity contribution in [2.24, 2.45) is 0 Å². The number of thioether (sulfide) groups is 1. The first kappa shape index (κ1) is 14.9. The van der Waals surface area contributed by atoms with Gasteiger partial charge in [-0.05, 0) is 23.8 Å². The van der Waals surface area contributed by atoms with Crippen LogP contribution >= 0.6 is 11.8 Å². The number of nitrogens with zero attached hydrogens (tertiary/aromatic N) is 1. The van der Waals surface area contributed by atoms with Crippen molar-refractivity contribution >= 4 is 17.7 Å². The zero-order valence-corrected chi connectivity index (χ0v) is 13.0. The minimum Gasteiger partial charge on any atom is -0.473 e. The number of nitrogens with one attached hydrogen (secondary N) is 1. The smallest absolute Gasteiger partial charge is 0.253 e. The summed E-state index contributed by atoms with van der Waals surface area (Å²) in [6, 6.07) is 13.3. The van der Waals surface area contributed by atoms with Gasteiger partial charge in [0.15, 0.2) is 0 Å². The van der Waals surface area contributed by atoms with Gasteiger partial charge in [-0.15, -0.1) is 0 Å². The quantitative estimate of drug-likeness (QED) is 0.922. The van der Waals surface area contributed by atoms with Crippen molar-refractivity contribution in [3.05, 3.63) is 59.8 Å². The van der Waals surface area contributed by atoms with Gasteiger partial charge in [-0.2, -0.15) is 11.8 Å². The first-order valence-electron chi connectivity index (χ1n) is 7.34. The van der Waals surface area contributed by atoms with Crippen molar-refractivity contribution in [2.75, 3.05) is 11.5 Å². The highest BCUT2D eigenvalue weighted by molar-refractivity contribution is 7.99. The first-order valence-corrected chi connectivity index (χ1v) is 8.49. The normalized spacial score (nSPS) is 17.2. The highest BCUT2D eigenvalue weighted by Crippen LogP contribution is 2.21. The van der Waals surface area contributed by atoms with E-state index < -0.39 is 0 Å². The van der Waals surface area contributed by atoms with Crippen LogP contribution in [-0.2, 0) is 6.54 Å². The second kappa shape index (κ2) is 7.31. The molecule has 0 aliphatic carbocycles. The molecule has 1 aromatic heterocycles. The predicted octanol–water partition coefficient (Wildman–Crippen LogP) is 2.90. The number of carbonyl (C=O) groups excluding carboxylic acids is 1. The highest BCUT2D eigenvalue weighted by atomic mass is 32.2. The van der Waals surface area contributed by atoms with Crippen molar-refractivity contribution in [1.29, 1.82) is 0 Å². The zero-order chi connectivity index (χ0) is 15.2. The van der Waals surface area contributed by atoms with E-state index in [4.69, 9.17) is 4.74 Å². The van der Waals surface area contributed by atoms with Gasteiger partial charge in [-0.1, -0.05) is 30.3 Å². The van der Waals surface area contributed by atoms with Crippen molar-refractivity contribution in [3.8, 4) is 5.88 Å². The van der Waals surface area contributed by atoms with Crippen LogP contribution in [0.2, 0.25) is 0 Å². The molecule has 4 nitrogen and oxygen atoms in total. The summed E-state index contributed by atoms with van der Waals surface area (Å²) in [7, 11) is 0. The monoisotopic (exact) mass is 314 g/mol. The van der Waals surface area contributed by atoms with Crippen molar-refractivity contribution in [3.63, 3.8) is 0 Å². The molecule has 22 heavy (non-hydrogen) atoms. The molecule has 1 fully saturated rings. The topological polar surface area (TPSA) is 51.2 Å². The minimum atomic E-state index is -0.126. The van der Waals surface area contributed by atoms with Crippen LogP contribution in [0.25, 0.3) is 0 Å². The Kier molecular flexibility index (Phi) is 4.96. The molecule has 3 rings (SSSR count). The van der Waals surface area contributed by atoms with Crippen LogP contribution in [0.15, 0.2) is 48.7 Å². The molecule has 5 heteroatoms. The van der Waals surface area contributed by atoms with E-state index in [0.717, 1.165) is 23.5 Å². The van der Waals surface area contributed by atoms with Crippen LogP contribution in [-0.4, -0.2) is 28.5 Å². The molecule has 1 N–H and O–H groups in total. The van der Waals surface area contributed by atoms with Crippen LogP contribution in [0.1, 0.15) is 22.3 Å². The molecule has 0 saturated carbocycles. The summed E-state index contributed by atoms with van der Waals surface area (Å²) in [4.78, 5) is 16.3. The molecule has 1 atom stereocenters. The van der Waals surface area contributed by atoms with Gasteiger partial charge in [0.2, 0.25) is 5.88 Å². The van der Waals surface area contributed by atoms with Gasteiger partial charge in [0.1, 0.15) is 6.10 Å². The average Bonchev–Trinajstić information content (AvgIpc) is 3.07. The largest absolute Gasteiger partial charge is 0.473 e. The molecule has 2 heterocycles. The fourth-order valence-electron chi connectivity index (χ4n) is 2.24. The van der Waals surface area contributed by atoms with Gasteiger partial charge in [0.25, 0.3) is 5.91 Å². The number of hydrogen-bond acceptors (Lipinski definition) is 4. The molecule has 1 aliphatic rings. The van der Waals surface area contributed by atoms with Crippen LogP contribution in [0.5, 0.6) is 5.88 Å². The number of benzene rings is 1. The van der Waals surface area contributed by atoms with Crippen LogP contribution in [0, 0.1) is 0 Å². The maximum Gasteiger partial charge on any atom is 0.253 e. The molecule has 1 saturated heterocycles. The number of amides is 1. The summed E-state index contributed by atoms with van der Waals surface area (Å²) >= 11 is 1.90. The Hall–Kier alpha value is -2.01. The lowest BCUT2D eigenvalue weighted by Gasteiger charge is -2.11. The molecular weight excluding hydrogens is 296 g/mol. The van der Waals surface area contributed by atoms with E-state index in [1.807, 2.05) is 42.1 Å². The Balaban J connectivity index is 1.54. The third-order valence-corrected chi connectivity index (χ3v) is 4.60. The van der Waals surface area contributed by atoms with Crippen LogP contribution < -0.4 is 10.1 Å². The SMILES string of the molecule is O=C(NCc1ccccc1)c1ccc(OC2CCSC2)nc1. The highest BCUT2D eigenvalue weighted by Gasteiger charge is 2.17. The van der Waals surface area contributed by atoms with E-state index in [1.54, 1.807) is 18.3 Å². The summed E-state index contributed by atoms with van der Waals surface area (Å²) in [5, 5.41) is 2.88. The number of pyridine rings is 1. The Labute approximate surface area is 134 Å². The molecule has 1 unspecified atom stereocenters. The number of hydrogen-bond donors (Lipinski definition) is 1. The number of rotatable bonds is 5. The fraction of sp³-hybridized carbons (Fsp3) is 0.294. The predicted molar refractivity (Wildman–Crippen MR) is 88.2 cm³/mol. The van der Waals surface area contributed by atoms with Crippen molar-refractivity contribution in [1.82, 2.24) is 10.3 Å². The molecule has 1 amide bonds. The molecular formula is C17H18N2O2S. The van der Waals surface area contributed by atoms with Gasteiger partial charge >= 0.3 is 0 Å². The maximum absolute atomic E-state index is 12.1. The number of aromatic nitrogens is 1. The third-order valence-electron chi connectivity index (χ3n) is 3.47. The van der Waals surface area contributed by atoms with Crippen molar-refractivity contribution < 1.29 is 9.53 Å². The van der Waals surface area contributed by atoms with Crippen LogP contribution in [0.3, 0.4) is 0 Å². The fourth-order valence-corrected chi connectivity index (χ4v) is 3.34. The molecule has 1 aromatic carbocycles. The van der Waals surface area contributed by atoms with E-state index >= 15 is 0 Å². The summed E-state index contributed by atoms with van der Waals surface area (Å²) in [5.41, 5.74) is 1.62. The summed E-state index contributed by atoms with van der Waals surface area (Å²) < 4.78 is 5.78. The van der Waals surface area contributed by atoms with E-state index in [2.05, 4.69) is 10.3 Å². The van der Waals surface area contributed by atoms with E-state index in [0.29, 0.717) is 18.0 Å². The lowest BCUT2D eigenvalue weighted by Crippen LogP contribution is -2.23. The Bertz CT molecular complexity index is 610. The van der Waals surface area contributed by atoms with E-state index in [9.17, 15) is 4.79 Å². The third kappa shape index (κ3) is 4.01. The average molecular weight is 314 g/mol. The Morgan fingerprint density at radius 1 is 1.27 bits per heavy atom. The second-order valence-electron chi connectivity index (χ2n) is 5.16. The molecule has 0 radical (unpaired) electrons. The molecule has 1 aliphatic heterocycles. The summed E-state index contributed by atoms with van der Waals surface area (Å²) in [5.74, 6) is 2.62.